The Morgan fingerprint density at radius 1 is 1.20 bits per heavy atom. The van der Waals surface area contributed by atoms with Gasteiger partial charge in [-0.2, -0.15) is 0 Å². The van der Waals surface area contributed by atoms with Gasteiger partial charge in [0.2, 0.25) is 0 Å². The minimum Gasteiger partial charge on any atom is -0.312 e. The molecule has 4 nitrogen and oxygen atoms in total. The summed E-state index contributed by atoms with van der Waals surface area (Å²) in [5.74, 6) is 0. The lowest BCUT2D eigenvalue weighted by atomic mass is 10.3. The van der Waals surface area contributed by atoms with Crippen LogP contribution in [0.4, 0.5) is 11.4 Å². The third kappa shape index (κ3) is 3.52. The van der Waals surface area contributed by atoms with Crippen molar-refractivity contribution in [3.8, 4) is 0 Å². The van der Waals surface area contributed by atoms with E-state index in [9.17, 15) is 10.1 Å². The Bertz CT molecular complexity index is 604. The molecule has 104 valence electrons. The number of hydrogen-bond acceptors (Lipinski definition) is 4. The zero-order chi connectivity index (χ0) is 14.5. The van der Waals surface area contributed by atoms with E-state index < -0.39 is 0 Å². The highest BCUT2D eigenvalue weighted by atomic mass is 79.9. The number of para-hydroxylation sites is 1. The quantitative estimate of drug-likeness (QED) is 0.436. The molecule has 0 aromatic heterocycles. The van der Waals surface area contributed by atoms with Gasteiger partial charge in [-0.1, -0.05) is 28.1 Å². The molecule has 0 amide bonds. The van der Waals surface area contributed by atoms with E-state index >= 15 is 0 Å². The summed E-state index contributed by atoms with van der Waals surface area (Å²) in [5.41, 5.74) is 1.15. The number of rotatable bonds is 5. The second-order valence-electron chi connectivity index (χ2n) is 3.99. The van der Waals surface area contributed by atoms with Crippen molar-refractivity contribution in [2.75, 3.05) is 10.8 Å². The molecule has 0 fully saturated rings. The second-order valence-corrected chi connectivity index (χ2v) is 5.97. The molecule has 0 aliphatic heterocycles. The molecule has 0 radical (unpaired) electrons. The van der Waals surface area contributed by atoms with Crippen LogP contribution in [0.5, 0.6) is 0 Å². The van der Waals surface area contributed by atoms with E-state index in [4.69, 9.17) is 0 Å². The fourth-order valence-electron chi connectivity index (χ4n) is 1.71. The maximum atomic E-state index is 11.0. The summed E-state index contributed by atoms with van der Waals surface area (Å²) >= 11 is 4.78. The van der Waals surface area contributed by atoms with Crippen LogP contribution in [-0.4, -0.2) is 11.5 Å². The zero-order valence-corrected chi connectivity index (χ0v) is 13.2. The minimum absolute atomic E-state index is 0.132. The van der Waals surface area contributed by atoms with Crippen molar-refractivity contribution >= 4 is 39.3 Å². The summed E-state index contributed by atoms with van der Waals surface area (Å²) in [7, 11) is 0. The SMILES string of the molecule is CCN(Sc1ccccc1[N+](=O)[O-])c1ccc(Br)cc1. The molecule has 0 bridgehead atoms. The summed E-state index contributed by atoms with van der Waals surface area (Å²) in [5, 5.41) is 11.0. The first-order chi connectivity index (χ1) is 9.61. The molecular weight excluding hydrogens is 340 g/mol. The first-order valence-electron chi connectivity index (χ1n) is 6.06. The van der Waals surface area contributed by atoms with Crippen molar-refractivity contribution in [1.29, 1.82) is 0 Å². The molecule has 0 saturated carbocycles. The van der Waals surface area contributed by atoms with Gasteiger partial charge in [-0.05, 0) is 49.2 Å². The zero-order valence-electron chi connectivity index (χ0n) is 10.8. The highest BCUT2D eigenvalue weighted by Crippen LogP contribution is 2.34. The molecule has 0 saturated heterocycles. The summed E-state index contributed by atoms with van der Waals surface area (Å²) in [4.78, 5) is 11.3. The Morgan fingerprint density at radius 2 is 1.85 bits per heavy atom. The van der Waals surface area contributed by atoms with Crippen LogP contribution in [0.2, 0.25) is 0 Å². The highest BCUT2D eigenvalue weighted by molar-refractivity contribution is 9.10. The van der Waals surface area contributed by atoms with Crippen LogP contribution in [0.15, 0.2) is 57.9 Å². The molecule has 0 atom stereocenters. The van der Waals surface area contributed by atoms with Crippen molar-refractivity contribution in [1.82, 2.24) is 0 Å². The fraction of sp³-hybridized carbons (Fsp3) is 0.143. The molecule has 0 unspecified atom stereocenters. The van der Waals surface area contributed by atoms with Gasteiger partial charge in [-0.15, -0.1) is 0 Å². The third-order valence-corrected chi connectivity index (χ3v) is 4.43. The molecule has 2 rings (SSSR count). The minimum atomic E-state index is -0.349. The Kier molecular flexibility index (Phi) is 5.03. The van der Waals surface area contributed by atoms with Crippen molar-refractivity contribution in [3.63, 3.8) is 0 Å². The number of nitro groups is 1. The fourth-order valence-corrected chi connectivity index (χ4v) is 2.94. The predicted molar refractivity (Wildman–Crippen MR) is 86.1 cm³/mol. The Morgan fingerprint density at radius 3 is 2.45 bits per heavy atom. The maximum Gasteiger partial charge on any atom is 0.284 e. The average Bonchev–Trinajstić information content (AvgIpc) is 2.46. The van der Waals surface area contributed by atoms with Crippen LogP contribution in [0, 0.1) is 10.1 Å². The standard InChI is InChI=1S/C14H13BrN2O2S/c1-2-16(12-9-7-11(15)8-10-12)20-14-6-4-3-5-13(14)17(18)19/h3-10H,2H2,1H3. The van der Waals surface area contributed by atoms with Crippen LogP contribution in [0.1, 0.15) is 6.92 Å². The molecule has 0 N–H and O–H groups in total. The van der Waals surface area contributed by atoms with E-state index in [0.717, 1.165) is 16.7 Å². The molecule has 2 aromatic rings. The molecule has 0 aliphatic rings. The van der Waals surface area contributed by atoms with Crippen LogP contribution < -0.4 is 4.31 Å². The third-order valence-electron chi connectivity index (χ3n) is 2.67. The van der Waals surface area contributed by atoms with E-state index in [-0.39, 0.29) is 10.6 Å². The predicted octanol–water partition coefficient (Wildman–Crippen LogP) is 4.89. The van der Waals surface area contributed by atoms with E-state index in [1.54, 1.807) is 12.1 Å². The monoisotopic (exact) mass is 352 g/mol. The Balaban J connectivity index is 2.27. The first-order valence-corrected chi connectivity index (χ1v) is 7.63. The highest BCUT2D eigenvalue weighted by Gasteiger charge is 2.16. The van der Waals surface area contributed by atoms with Crippen LogP contribution >= 0.6 is 27.9 Å². The number of nitro benzene ring substituents is 1. The summed E-state index contributed by atoms with van der Waals surface area (Å²) < 4.78 is 3.03. The molecule has 6 heteroatoms. The van der Waals surface area contributed by atoms with Gasteiger partial charge in [0.15, 0.2) is 0 Å². The van der Waals surface area contributed by atoms with E-state index in [1.165, 1.54) is 18.0 Å². The first kappa shape index (κ1) is 14.9. The van der Waals surface area contributed by atoms with E-state index in [1.807, 2.05) is 41.6 Å². The van der Waals surface area contributed by atoms with Crippen molar-refractivity contribution in [3.05, 3.63) is 63.1 Å². The topological polar surface area (TPSA) is 46.4 Å². The molecule has 0 spiro atoms. The number of hydrogen-bond donors (Lipinski definition) is 0. The lowest BCUT2D eigenvalue weighted by Gasteiger charge is -2.21. The van der Waals surface area contributed by atoms with Gasteiger partial charge in [-0.3, -0.25) is 10.1 Å². The van der Waals surface area contributed by atoms with Crippen molar-refractivity contribution in [2.45, 2.75) is 11.8 Å². The van der Waals surface area contributed by atoms with Gasteiger partial charge in [0.25, 0.3) is 5.69 Å². The second kappa shape index (κ2) is 6.76. The number of benzene rings is 2. The smallest absolute Gasteiger partial charge is 0.284 e. The van der Waals surface area contributed by atoms with Gasteiger partial charge < -0.3 is 4.31 Å². The van der Waals surface area contributed by atoms with Crippen LogP contribution in [0.25, 0.3) is 0 Å². The number of halogens is 1. The van der Waals surface area contributed by atoms with Crippen molar-refractivity contribution in [2.24, 2.45) is 0 Å². The van der Waals surface area contributed by atoms with Crippen molar-refractivity contribution < 1.29 is 4.92 Å². The van der Waals surface area contributed by atoms with Gasteiger partial charge in [0.1, 0.15) is 4.90 Å². The van der Waals surface area contributed by atoms with Crippen LogP contribution in [-0.2, 0) is 0 Å². The van der Waals surface area contributed by atoms with E-state index in [0.29, 0.717) is 4.90 Å². The Labute approximate surface area is 130 Å². The Hall–Kier alpha value is -1.53. The normalized spacial score (nSPS) is 10.3. The lowest BCUT2D eigenvalue weighted by Crippen LogP contribution is -2.13. The molecule has 20 heavy (non-hydrogen) atoms. The molecular formula is C14H13BrN2O2S. The summed E-state index contributed by atoms with van der Waals surface area (Å²) in [6, 6.07) is 14.7. The maximum absolute atomic E-state index is 11.0. The molecule has 0 heterocycles. The molecule has 2 aromatic carbocycles. The average molecular weight is 353 g/mol. The van der Waals surface area contributed by atoms with Crippen LogP contribution in [0.3, 0.4) is 0 Å². The van der Waals surface area contributed by atoms with Gasteiger partial charge in [0, 0.05) is 22.8 Å². The number of anilines is 1. The van der Waals surface area contributed by atoms with E-state index in [2.05, 4.69) is 15.9 Å². The van der Waals surface area contributed by atoms with Gasteiger partial charge >= 0.3 is 0 Å². The lowest BCUT2D eigenvalue weighted by molar-refractivity contribution is -0.387. The molecule has 0 aliphatic carbocycles. The summed E-state index contributed by atoms with van der Waals surface area (Å²) in [6.45, 7) is 2.77. The van der Waals surface area contributed by atoms with Gasteiger partial charge in [0.05, 0.1) is 4.92 Å². The number of nitrogens with zero attached hydrogens (tertiary/aromatic N) is 2. The summed E-state index contributed by atoms with van der Waals surface area (Å²) in [6.07, 6.45) is 0. The van der Waals surface area contributed by atoms with Gasteiger partial charge in [-0.25, -0.2) is 0 Å². The largest absolute Gasteiger partial charge is 0.312 e.